The van der Waals surface area contributed by atoms with Gasteiger partial charge in [0.05, 0.1) is 0 Å². The predicted molar refractivity (Wildman–Crippen MR) is 76.4 cm³/mol. The number of aromatic nitrogens is 1. The van der Waals surface area contributed by atoms with E-state index in [4.69, 9.17) is 0 Å². The maximum Gasteiger partial charge on any atom is 0.317 e. The van der Waals surface area contributed by atoms with Crippen LogP contribution in [0.2, 0.25) is 0 Å². The van der Waals surface area contributed by atoms with E-state index in [-0.39, 0.29) is 38.0 Å². The monoisotopic (exact) mass is 297 g/mol. The SMILES string of the molecule is Cc1cccnc1C[C@@H](C)NC(=O)N1CCC(F)(F)CC1. The summed E-state index contributed by atoms with van der Waals surface area (Å²) in [6, 6.07) is 3.49. The summed E-state index contributed by atoms with van der Waals surface area (Å²) in [6.45, 7) is 4.08. The van der Waals surface area contributed by atoms with Crippen molar-refractivity contribution in [1.29, 1.82) is 0 Å². The number of hydrogen-bond acceptors (Lipinski definition) is 2. The number of carbonyl (C=O) groups excluding carboxylic acids is 1. The van der Waals surface area contributed by atoms with E-state index in [9.17, 15) is 13.6 Å². The molecule has 0 radical (unpaired) electrons. The highest BCUT2D eigenvalue weighted by atomic mass is 19.3. The molecule has 1 aromatic heterocycles. The van der Waals surface area contributed by atoms with Gasteiger partial charge in [0, 0.05) is 50.3 Å². The third kappa shape index (κ3) is 4.37. The van der Waals surface area contributed by atoms with E-state index in [1.807, 2.05) is 26.0 Å². The molecule has 0 spiro atoms. The van der Waals surface area contributed by atoms with E-state index >= 15 is 0 Å². The van der Waals surface area contributed by atoms with Crippen LogP contribution in [0.25, 0.3) is 0 Å². The van der Waals surface area contributed by atoms with Gasteiger partial charge < -0.3 is 10.2 Å². The summed E-state index contributed by atoms with van der Waals surface area (Å²) in [5.74, 6) is -2.63. The van der Waals surface area contributed by atoms with Crippen molar-refractivity contribution in [2.75, 3.05) is 13.1 Å². The minimum Gasteiger partial charge on any atom is -0.335 e. The number of carbonyl (C=O) groups is 1. The number of rotatable bonds is 3. The lowest BCUT2D eigenvalue weighted by Crippen LogP contribution is -2.49. The minimum absolute atomic E-state index is 0.0893. The van der Waals surface area contributed by atoms with Gasteiger partial charge in [0.1, 0.15) is 0 Å². The van der Waals surface area contributed by atoms with Gasteiger partial charge in [-0.05, 0) is 25.5 Å². The fourth-order valence-corrected chi connectivity index (χ4v) is 2.41. The molecule has 0 aliphatic carbocycles. The number of alkyl halides is 2. The van der Waals surface area contributed by atoms with E-state index in [1.54, 1.807) is 6.20 Å². The molecule has 2 heterocycles. The lowest BCUT2D eigenvalue weighted by atomic mass is 10.1. The summed E-state index contributed by atoms with van der Waals surface area (Å²) in [7, 11) is 0. The maximum atomic E-state index is 13.1. The molecule has 116 valence electrons. The summed E-state index contributed by atoms with van der Waals surface area (Å²) in [5.41, 5.74) is 2.02. The van der Waals surface area contributed by atoms with Gasteiger partial charge in [-0.2, -0.15) is 0 Å². The maximum absolute atomic E-state index is 13.1. The van der Waals surface area contributed by atoms with Crippen LogP contribution in [0.3, 0.4) is 0 Å². The molecule has 6 heteroatoms. The van der Waals surface area contributed by atoms with E-state index < -0.39 is 5.92 Å². The smallest absolute Gasteiger partial charge is 0.317 e. The van der Waals surface area contributed by atoms with Crippen molar-refractivity contribution in [2.24, 2.45) is 0 Å². The van der Waals surface area contributed by atoms with E-state index in [0.29, 0.717) is 6.42 Å². The molecule has 21 heavy (non-hydrogen) atoms. The van der Waals surface area contributed by atoms with Crippen molar-refractivity contribution < 1.29 is 13.6 Å². The van der Waals surface area contributed by atoms with Crippen LogP contribution in [-0.4, -0.2) is 41.0 Å². The first-order valence-electron chi connectivity index (χ1n) is 7.21. The normalized spacial score (nSPS) is 19.1. The number of urea groups is 1. The number of nitrogens with one attached hydrogen (secondary N) is 1. The minimum atomic E-state index is -2.63. The molecule has 0 bridgehead atoms. The quantitative estimate of drug-likeness (QED) is 0.932. The number of pyridine rings is 1. The molecule has 0 unspecified atom stereocenters. The van der Waals surface area contributed by atoms with Crippen molar-refractivity contribution in [2.45, 2.75) is 45.1 Å². The van der Waals surface area contributed by atoms with Crippen LogP contribution in [0.1, 0.15) is 31.0 Å². The zero-order valence-corrected chi connectivity index (χ0v) is 12.4. The van der Waals surface area contributed by atoms with Crippen LogP contribution in [-0.2, 0) is 6.42 Å². The predicted octanol–water partition coefficient (Wildman–Crippen LogP) is 2.76. The van der Waals surface area contributed by atoms with Crippen LogP contribution in [0, 0.1) is 6.92 Å². The Kier molecular flexibility index (Phi) is 4.75. The van der Waals surface area contributed by atoms with Crippen LogP contribution >= 0.6 is 0 Å². The third-order valence-corrected chi connectivity index (χ3v) is 3.77. The number of aryl methyl sites for hydroxylation is 1. The summed E-state index contributed by atoms with van der Waals surface area (Å²) in [5, 5.41) is 2.85. The molecular formula is C15H21F2N3O. The van der Waals surface area contributed by atoms with E-state index in [0.717, 1.165) is 11.3 Å². The Morgan fingerprint density at radius 2 is 2.14 bits per heavy atom. The number of likely N-dealkylation sites (tertiary alicyclic amines) is 1. The first-order chi connectivity index (χ1) is 9.87. The fraction of sp³-hybridized carbons (Fsp3) is 0.600. The summed E-state index contributed by atoms with van der Waals surface area (Å²) >= 11 is 0. The second-order valence-electron chi connectivity index (χ2n) is 5.66. The van der Waals surface area contributed by atoms with Crippen molar-refractivity contribution in [3.63, 3.8) is 0 Å². The van der Waals surface area contributed by atoms with Crippen molar-refractivity contribution in [3.05, 3.63) is 29.6 Å². The lowest BCUT2D eigenvalue weighted by molar-refractivity contribution is -0.0470. The molecule has 0 saturated carbocycles. The van der Waals surface area contributed by atoms with Crippen LogP contribution in [0.4, 0.5) is 13.6 Å². The number of nitrogens with zero attached hydrogens (tertiary/aromatic N) is 2. The second kappa shape index (κ2) is 6.37. The Hall–Kier alpha value is -1.72. The van der Waals surface area contributed by atoms with Crippen LogP contribution in [0.5, 0.6) is 0 Å². The van der Waals surface area contributed by atoms with E-state index in [1.165, 1.54) is 4.90 Å². The highest BCUT2D eigenvalue weighted by Gasteiger charge is 2.35. The Bertz CT molecular complexity index is 497. The Balaban J connectivity index is 1.84. The average Bonchev–Trinajstić information content (AvgIpc) is 2.41. The van der Waals surface area contributed by atoms with Gasteiger partial charge in [-0.1, -0.05) is 6.07 Å². The summed E-state index contributed by atoms with van der Waals surface area (Å²) in [6.07, 6.45) is 1.84. The van der Waals surface area contributed by atoms with E-state index in [2.05, 4.69) is 10.3 Å². The zero-order valence-electron chi connectivity index (χ0n) is 12.4. The molecule has 0 aromatic carbocycles. The third-order valence-electron chi connectivity index (χ3n) is 3.77. The number of amides is 2. The van der Waals surface area contributed by atoms with Gasteiger partial charge in [-0.25, -0.2) is 13.6 Å². The highest BCUT2D eigenvalue weighted by Crippen LogP contribution is 2.27. The van der Waals surface area contributed by atoms with Gasteiger partial charge in [0.15, 0.2) is 0 Å². The molecular weight excluding hydrogens is 276 g/mol. The molecule has 4 nitrogen and oxygen atoms in total. The van der Waals surface area contributed by atoms with Crippen molar-refractivity contribution in [3.8, 4) is 0 Å². The standard InChI is InChI=1S/C15H21F2N3O/c1-11-4-3-7-18-13(11)10-12(2)19-14(21)20-8-5-15(16,17)6-9-20/h3-4,7,12H,5-6,8-10H2,1-2H3,(H,19,21)/t12-/m1/s1. The van der Waals surface area contributed by atoms with Crippen molar-refractivity contribution in [1.82, 2.24) is 15.2 Å². The van der Waals surface area contributed by atoms with Crippen LogP contribution in [0.15, 0.2) is 18.3 Å². The fourth-order valence-electron chi connectivity index (χ4n) is 2.41. The van der Waals surface area contributed by atoms with Gasteiger partial charge in [-0.3, -0.25) is 4.98 Å². The molecule has 1 atom stereocenters. The molecule has 2 amide bonds. The molecule has 2 rings (SSSR count). The first-order valence-corrected chi connectivity index (χ1v) is 7.21. The van der Waals surface area contributed by atoms with Crippen molar-refractivity contribution >= 4 is 6.03 Å². The summed E-state index contributed by atoms with van der Waals surface area (Å²) in [4.78, 5) is 17.8. The average molecular weight is 297 g/mol. The van der Waals surface area contributed by atoms with Gasteiger partial charge in [-0.15, -0.1) is 0 Å². The summed E-state index contributed by atoms with van der Waals surface area (Å²) < 4.78 is 26.1. The molecule has 1 aromatic rings. The van der Waals surface area contributed by atoms with Gasteiger partial charge in [0.25, 0.3) is 5.92 Å². The first kappa shape index (κ1) is 15.7. The number of hydrogen-bond donors (Lipinski definition) is 1. The largest absolute Gasteiger partial charge is 0.335 e. The van der Waals surface area contributed by atoms with Crippen LogP contribution < -0.4 is 5.32 Å². The van der Waals surface area contributed by atoms with Gasteiger partial charge >= 0.3 is 6.03 Å². The second-order valence-corrected chi connectivity index (χ2v) is 5.66. The Morgan fingerprint density at radius 1 is 1.48 bits per heavy atom. The molecule has 1 aliphatic heterocycles. The molecule has 1 fully saturated rings. The Labute approximate surface area is 123 Å². The molecule has 1 N–H and O–H groups in total. The number of halogens is 2. The van der Waals surface area contributed by atoms with Gasteiger partial charge in [0.2, 0.25) is 0 Å². The molecule has 1 aliphatic rings. The Morgan fingerprint density at radius 3 is 2.76 bits per heavy atom. The molecule has 1 saturated heterocycles. The topological polar surface area (TPSA) is 45.2 Å². The highest BCUT2D eigenvalue weighted by molar-refractivity contribution is 5.74. The zero-order chi connectivity index (χ0) is 15.5. The number of piperidine rings is 1. The lowest BCUT2D eigenvalue weighted by Gasteiger charge is -2.32.